The Morgan fingerprint density at radius 3 is 1.47 bits per heavy atom. The van der Waals surface area contributed by atoms with E-state index < -0.39 is 0 Å². The molecule has 0 aliphatic carbocycles. The molecule has 9 aromatic carbocycles. The Labute approximate surface area is 347 Å². The maximum absolute atomic E-state index is 7.14. The molecule has 3 heteroatoms. The topological polar surface area (TPSA) is 31.0 Å². The first-order valence-electron chi connectivity index (χ1n) is 20.4. The summed E-state index contributed by atoms with van der Waals surface area (Å²) in [5.74, 6) is 0. The zero-order valence-electron chi connectivity index (χ0n) is 32.6. The van der Waals surface area contributed by atoms with Crippen LogP contribution in [0.4, 0.5) is 0 Å². The summed E-state index contributed by atoms with van der Waals surface area (Å²) in [6.45, 7) is 0. The maximum atomic E-state index is 7.14. The van der Waals surface area contributed by atoms with Gasteiger partial charge in [0.05, 0.1) is 22.2 Å². The van der Waals surface area contributed by atoms with Crippen LogP contribution in [0.2, 0.25) is 0 Å². The molecule has 0 fully saturated rings. The molecular weight excluding hydrogens is 729 g/mol. The van der Waals surface area contributed by atoms with Gasteiger partial charge < -0.3 is 8.98 Å². The Morgan fingerprint density at radius 1 is 0.367 bits per heavy atom. The standard InChI is InChI=1S/C57H36N2O/c1-5-14-37(15-6-1)41-24-27-51-45(30-41)31-46(36-58-51)48-34-44(40-20-11-4-12-21-40)35-55-56(48)47-22-13-23-54(57(47)60-55)59-52-28-25-42(38-16-7-2-8-17-38)32-49(52)50-33-43(26-29-53(50)59)39-18-9-3-10-19-39/h1-36H. The Kier molecular flexibility index (Phi) is 7.85. The monoisotopic (exact) mass is 764 g/mol. The van der Waals surface area contributed by atoms with Crippen molar-refractivity contribution < 1.29 is 4.42 Å². The number of fused-ring (bicyclic) bond motifs is 7. The molecule has 0 spiro atoms. The fourth-order valence-corrected chi connectivity index (χ4v) is 9.11. The number of para-hydroxylation sites is 1. The maximum Gasteiger partial charge on any atom is 0.159 e. The summed E-state index contributed by atoms with van der Waals surface area (Å²) in [5, 5.41) is 5.62. The van der Waals surface area contributed by atoms with Crippen molar-refractivity contribution in [1.29, 1.82) is 0 Å². The van der Waals surface area contributed by atoms with Crippen LogP contribution in [0.1, 0.15) is 0 Å². The van der Waals surface area contributed by atoms with Gasteiger partial charge in [0, 0.05) is 38.7 Å². The van der Waals surface area contributed by atoms with Gasteiger partial charge in [-0.1, -0.05) is 152 Å². The number of rotatable bonds is 6. The second kappa shape index (κ2) is 13.8. The van der Waals surface area contributed by atoms with E-state index in [4.69, 9.17) is 9.40 Å². The van der Waals surface area contributed by atoms with Gasteiger partial charge in [-0.05, 0) is 111 Å². The van der Waals surface area contributed by atoms with Crippen molar-refractivity contribution >= 4 is 54.6 Å². The van der Waals surface area contributed by atoms with Crippen molar-refractivity contribution in [3.05, 3.63) is 219 Å². The van der Waals surface area contributed by atoms with Gasteiger partial charge in [0.1, 0.15) is 5.58 Å². The Hall–Kier alpha value is -8.01. The van der Waals surface area contributed by atoms with Crippen LogP contribution in [0.3, 0.4) is 0 Å². The number of nitrogens with zero attached hydrogens (tertiary/aromatic N) is 2. The van der Waals surface area contributed by atoms with Gasteiger partial charge in [-0.2, -0.15) is 0 Å². The molecule has 0 saturated carbocycles. The minimum absolute atomic E-state index is 0.838. The normalized spacial score (nSPS) is 11.7. The molecule has 12 aromatic rings. The molecule has 12 rings (SSSR count). The number of pyridine rings is 1. The molecule has 3 aromatic heterocycles. The quantitative estimate of drug-likeness (QED) is 0.169. The van der Waals surface area contributed by atoms with E-state index >= 15 is 0 Å². The van der Waals surface area contributed by atoms with Crippen LogP contribution in [0.25, 0.3) is 116 Å². The van der Waals surface area contributed by atoms with Gasteiger partial charge >= 0.3 is 0 Å². The number of aromatic nitrogens is 2. The fourth-order valence-electron chi connectivity index (χ4n) is 9.11. The molecule has 3 heterocycles. The van der Waals surface area contributed by atoms with Crippen molar-refractivity contribution in [2.24, 2.45) is 0 Å². The first-order chi connectivity index (χ1) is 29.7. The molecule has 0 amide bonds. The molecule has 0 aliphatic heterocycles. The van der Waals surface area contributed by atoms with Crippen LogP contribution < -0.4 is 0 Å². The third-order valence-corrected chi connectivity index (χ3v) is 12.0. The number of hydrogen-bond donors (Lipinski definition) is 0. The summed E-state index contributed by atoms with van der Waals surface area (Å²) in [6.07, 6.45) is 2.01. The average molecular weight is 765 g/mol. The highest BCUT2D eigenvalue weighted by Gasteiger charge is 2.22. The second-order valence-electron chi connectivity index (χ2n) is 15.5. The lowest BCUT2D eigenvalue weighted by Gasteiger charge is -2.11. The molecule has 0 bridgehead atoms. The van der Waals surface area contributed by atoms with E-state index in [0.717, 1.165) is 71.8 Å². The number of hydrogen-bond acceptors (Lipinski definition) is 2. The van der Waals surface area contributed by atoms with Gasteiger partial charge in [-0.15, -0.1) is 0 Å². The van der Waals surface area contributed by atoms with Gasteiger partial charge in [0.25, 0.3) is 0 Å². The van der Waals surface area contributed by atoms with Crippen molar-refractivity contribution in [3.63, 3.8) is 0 Å². The van der Waals surface area contributed by atoms with Crippen LogP contribution in [0, 0.1) is 0 Å². The van der Waals surface area contributed by atoms with Crippen LogP contribution in [0.15, 0.2) is 223 Å². The van der Waals surface area contributed by atoms with E-state index in [-0.39, 0.29) is 0 Å². The lowest BCUT2D eigenvalue weighted by molar-refractivity contribution is 0.666. The number of furan rings is 1. The minimum atomic E-state index is 0.838. The number of benzene rings is 9. The third-order valence-electron chi connectivity index (χ3n) is 12.0. The first kappa shape index (κ1) is 34.1. The minimum Gasteiger partial charge on any atom is -0.454 e. The van der Waals surface area contributed by atoms with Gasteiger partial charge in [-0.25, -0.2) is 0 Å². The largest absolute Gasteiger partial charge is 0.454 e. The Morgan fingerprint density at radius 2 is 0.883 bits per heavy atom. The first-order valence-corrected chi connectivity index (χ1v) is 20.4. The Balaban J connectivity index is 1.11. The highest BCUT2D eigenvalue weighted by molar-refractivity contribution is 6.17. The molecule has 3 nitrogen and oxygen atoms in total. The van der Waals surface area contributed by atoms with E-state index in [9.17, 15) is 0 Å². The summed E-state index contributed by atoms with van der Waals surface area (Å²) in [7, 11) is 0. The summed E-state index contributed by atoms with van der Waals surface area (Å²) in [5.41, 5.74) is 17.4. The lowest BCUT2D eigenvalue weighted by atomic mass is 9.94. The van der Waals surface area contributed by atoms with Crippen LogP contribution in [0.5, 0.6) is 0 Å². The molecule has 0 saturated heterocycles. The third kappa shape index (κ3) is 5.63. The average Bonchev–Trinajstić information content (AvgIpc) is 3.87. The summed E-state index contributed by atoms with van der Waals surface area (Å²) < 4.78 is 9.53. The Bertz CT molecular complexity index is 3470. The molecular formula is C57H36N2O. The van der Waals surface area contributed by atoms with Crippen molar-refractivity contribution in [2.75, 3.05) is 0 Å². The molecule has 0 atom stereocenters. The summed E-state index contributed by atoms with van der Waals surface area (Å²) >= 11 is 0. The van der Waals surface area contributed by atoms with E-state index in [1.165, 1.54) is 44.2 Å². The zero-order chi connectivity index (χ0) is 39.6. The molecule has 0 radical (unpaired) electrons. The smallest absolute Gasteiger partial charge is 0.159 e. The van der Waals surface area contributed by atoms with Crippen LogP contribution in [-0.2, 0) is 0 Å². The molecule has 0 N–H and O–H groups in total. The lowest BCUT2D eigenvalue weighted by Crippen LogP contribution is -1.94. The predicted molar refractivity (Wildman–Crippen MR) is 251 cm³/mol. The van der Waals surface area contributed by atoms with E-state index in [0.29, 0.717) is 0 Å². The van der Waals surface area contributed by atoms with Crippen molar-refractivity contribution in [2.45, 2.75) is 0 Å². The predicted octanol–water partition coefficient (Wildman–Crippen LogP) is 15.6. The zero-order valence-corrected chi connectivity index (χ0v) is 32.6. The second-order valence-corrected chi connectivity index (χ2v) is 15.5. The fraction of sp³-hybridized carbons (Fsp3) is 0. The molecule has 280 valence electrons. The highest BCUT2D eigenvalue weighted by Crippen LogP contribution is 2.44. The summed E-state index contributed by atoms with van der Waals surface area (Å²) in [6, 6.07) is 76.0. The highest BCUT2D eigenvalue weighted by atomic mass is 16.3. The SMILES string of the molecule is c1ccc(-c2ccc3ncc(-c4cc(-c5ccccc5)cc5oc6c(-n7c8ccc(-c9ccccc9)cc8c8cc(-c9ccccc9)ccc87)cccc6c45)cc3c2)cc1. The van der Waals surface area contributed by atoms with Crippen molar-refractivity contribution in [3.8, 4) is 61.3 Å². The molecule has 0 unspecified atom stereocenters. The van der Waals surface area contributed by atoms with E-state index in [2.05, 4.69) is 217 Å². The van der Waals surface area contributed by atoms with Gasteiger partial charge in [-0.3, -0.25) is 4.98 Å². The van der Waals surface area contributed by atoms with Gasteiger partial charge in [0.2, 0.25) is 0 Å². The van der Waals surface area contributed by atoms with Crippen LogP contribution >= 0.6 is 0 Å². The summed E-state index contributed by atoms with van der Waals surface area (Å²) in [4.78, 5) is 5.02. The van der Waals surface area contributed by atoms with Gasteiger partial charge in [0.15, 0.2) is 5.58 Å². The van der Waals surface area contributed by atoms with Crippen molar-refractivity contribution in [1.82, 2.24) is 9.55 Å². The molecule has 60 heavy (non-hydrogen) atoms. The van der Waals surface area contributed by atoms with E-state index in [1.54, 1.807) is 0 Å². The molecule has 0 aliphatic rings. The van der Waals surface area contributed by atoms with Crippen LogP contribution in [-0.4, -0.2) is 9.55 Å². The van der Waals surface area contributed by atoms with E-state index in [1.807, 2.05) is 6.20 Å².